The molecule has 0 spiro atoms. The Morgan fingerprint density at radius 3 is 2.50 bits per heavy atom. The van der Waals surface area contributed by atoms with Crippen LogP contribution in [0.4, 0.5) is 5.69 Å². The lowest BCUT2D eigenvalue weighted by atomic mass is 10.2. The van der Waals surface area contributed by atoms with E-state index in [2.05, 4.69) is 27.5 Å². The molecular formula is C17H26N4O2S. The predicted octanol–water partition coefficient (Wildman–Crippen LogP) is 1.40. The van der Waals surface area contributed by atoms with E-state index in [9.17, 15) is 4.79 Å². The lowest BCUT2D eigenvalue weighted by Gasteiger charge is -2.32. The van der Waals surface area contributed by atoms with E-state index >= 15 is 0 Å². The summed E-state index contributed by atoms with van der Waals surface area (Å²) in [6.45, 7) is 8.42. The molecule has 6 nitrogen and oxygen atoms in total. The van der Waals surface area contributed by atoms with E-state index in [-0.39, 0.29) is 5.97 Å². The number of thiocarbonyl (C=S) groups is 1. The zero-order valence-corrected chi connectivity index (χ0v) is 15.2. The number of ether oxygens (including phenoxy) is 1. The number of anilines is 1. The number of likely N-dealkylation sites (N-methyl/N-ethyl adjacent to an activating group) is 1. The highest BCUT2D eigenvalue weighted by atomic mass is 32.1. The lowest BCUT2D eigenvalue weighted by Crippen LogP contribution is -2.47. The van der Waals surface area contributed by atoms with Crippen LogP contribution in [0.25, 0.3) is 0 Å². The largest absolute Gasteiger partial charge is 0.462 e. The number of nitrogens with one attached hydrogen (secondary N) is 2. The van der Waals surface area contributed by atoms with Crippen molar-refractivity contribution in [1.82, 2.24) is 15.1 Å². The Hall–Kier alpha value is -1.70. The molecule has 0 aliphatic carbocycles. The molecule has 0 unspecified atom stereocenters. The second-order valence-electron chi connectivity index (χ2n) is 5.82. The number of hydrogen-bond acceptors (Lipinski definition) is 5. The molecule has 1 fully saturated rings. The van der Waals surface area contributed by atoms with Gasteiger partial charge < -0.3 is 20.3 Å². The van der Waals surface area contributed by atoms with Crippen LogP contribution in [0, 0.1) is 0 Å². The smallest absolute Gasteiger partial charge is 0.338 e. The first-order valence-corrected chi connectivity index (χ1v) is 8.72. The fourth-order valence-electron chi connectivity index (χ4n) is 2.48. The highest BCUT2D eigenvalue weighted by Gasteiger charge is 2.13. The molecule has 0 amide bonds. The summed E-state index contributed by atoms with van der Waals surface area (Å²) in [5.41, 5.74) is 1.39. The van der Waals surface area contributed by atoms with Crippen molar-refractivity contribution in [3.63, 3.8) is 0 Å². The summed E-state index contributed by atoms with van der Waals surface area (Å²) >= 11 is 5.31. The summed E-state index contributed by atoms with van der Waals surface area (Å²) in [7, 11) is 2.15. The Morgan fingerprint density at radius 2 is 1.88 bits per heavy atom. The molecule has 0 saturated carbocycles. The van der Waals surface area contributed by atoms with Gasteiger partial charge in [0.25, 0.3) is 0 Å². The maximum Gasteiger partial charge on any atom is 0.338 e. The fraction of sp³-hybridized carbons (Fsp3) is 0.529. The van der Waals surface area contributed by atoms with E-state index < -0.39 is 0 Å². The third-order valence-electron chi connectivity index (χ3n) is 3.96. The summed E-state index contributed by atoms with van der Waals surface area (Å²) in [6.07, 6.45) is 0. The lowest BCUT2D eigenvalue weighted by molar-refractivity contribution is 0.0526. The van der Waals surface area contributed by atoms with Crippen LogP contribution in [-0.4, -0.2) is 73.8 Å². The minimum absolute atomic E-state index is 0.308. The highest BCUT2D eigenvalue weighted by molar-refractivity contribution is 7.80. The number of piperazine rings is 1. The highest BCUT2D eigenvalue weighted by Crippen LogP contribution is 2.10. The molecule has 0 aromatic heterocycles. The third-order valence-corrected chi connectivity index (χ3v) is 4.21. The Balaban J connectivity index is 1.69. The van der Waals surface area contributed by atoms with Crippen LogP contribution in [-0.2, 0) is 4.74 Å². The Kier molecular flexibility index (Phi) is 7.42. The van der Waals surface area contributed by atoms with Gasteiger partial charge in [-0.2, -0.15) is 0 Å². The summed E-state index contributed by atoms with van der Waals surface area (Å²) in [5.74, 6) is -0.308. The molecule has 1 heterocycles. The Labute approximate surface area is 149 Å². The van der Waals surface area contributed by atoms with Crippen LogP contribution in [0.3, 0.4) is 0 Å². The number of rotatable bonds is 6. The normalized spacial score (nSPS) is 15.8. The van der Waals surface area contributed by atoms with Gasteiger partial charge in [0.2, 0.25) is 0 Å². The molecule has 2 rings (SSSR count). The second-order valence-corrected chi connectivity index (χ2v) is 6.23. The second kappa shape index (κ2) is 9.56. The number of hydrogen-bond donors (Lipinski definition) is 2. The van der Waals surface area contributed by atoms with Crippen molar-refractivity contribution in [3.05, 3.63) is 29.8 Å². The van der Waals surface area contributed by atoms with Crippen LogP contribution < -0.4 is 10.6 Å². The molecule has 0 bridgehead atoms. The molecule has 0 radical (unpaired) electrons. The quantitative estimate of drug-likeness (QED) is 0.594. The first-order chi connectivity index (χ1) is 11.6. The molecule has 7 heteroatoms. The first-order valence-electron chi connectivity index (χ1n) is 8.31. The summed E-state index contributed by atoms with van der Waals surface area (Å²) in [5, 5.41) is 6.94. The average Bonchev–Trinajstić information content (AvgIpc) is 2.57. The van der Waals surface area contributed by atoms with E-state index in [1.54, 1.807) is 19.1 Å². The van der Waals surface area contributed by atoms with E-state index in [0.29, 0.717) is 17.3 Å². The van der Waals surface area contributed by atoms with Gasteiger partial charge in [-0.3, -0.25) is 4.90 Å². The minimum Gasteiger partial charge on any atom is -0.462 e. The predicted molar refractivity (Wildman–Crippen MR) is 101 cm³/mol. The molecule has 1 aromatic carbocycles. The fourth-order valence-corrected chi connectivity index (χ4v) is 2.70. The first kappa shape index (κ1) is 18.6. The van der Waals surface area contributed by atoms with Crippen molar-refractivity contribution in [2.45, 2.75) is 6.92 Å². The molecule has 0 atom stereocenters. The molecule has 1 saturated heterocycles. The number of nitrogens with zero attached hydrogens (tertiary/aromatic N) is 2. The van der Waals surface area contributed by atoms with E-state index in [4.69, 9.17) is 17.0 Å². The molecule has 24 heavy (non-hydrogen) atoms. The number of esters is 1. The number of carbonyl (C=O) groups excluding carboxylic acids is 1. The summed E-state index contributed by atoms with van der Waals surface area (Å²) < 4.78 is 4.96. The van der Waals surface area contributed by atoms with Gasteiger partial charge in [0.1, 0.15) is 0 Å². The monoisotopic (exact) mass is 350 g/mol. The average molecular weight is 350 g/mol. The molecule has 1 aromatic rings. The molecule has 2 N–H and O–H groups in total. The van der Waals surface area contributed by atoms with Crippen molar-refractivity contribution in [2.24, 2.45) is 0 Å². The van der Waals surface area contributed by atoms with Crippen molar-refractivity contribution in [1.29, 1.82) is 0 Å². The van der Waals surface area contributed by atoms with Crippen LogP contribution in [0.2, 0.25) is 0 Å². The van der Waals surface area contributed by atoms with Crippen molar-refractivity contribution in [3.8, 4) is 0 Å². The number of benzene rings is 1. The van der Waals surface area contributed by atoms with E-state index in [0.717, 1.165) is 45.0 Å². The SMILES string of the molecule is CCOC(=O)c1ccc(NC(=S)NCCN2CCN(C)CC2)cc1. The summed E-state index contributed by atoms with van der Waals surface area (Å²) in [6, 6.07) is 7.10. The standard InChI is InChI=1S/C17H26N4O2S/c1-3-23-16(22)14-4-6-15(7-5-14)19-17(24)18-8-9-21-12-10-20(2)11-13-21/h4-7H,3,8-13H2,1-2H3,(H2,18,19,24). The maximum absolute atomic E-state index is 11.6. The zero-order valence-electron chi connectivity index (χ0n) is 14.4. The van der Waals surface area contributed by atoms with Crippen LogP contribution in [0.5, 0.6) is 0 Å². The van der Waals surface area contributed by atoms with E-state index in [1.165, 1.54) is 0 Å². The van der Waals surface area contributed by atoms with Gasteiger partial charge in [-0.05, 0) is 50.5 Å². The van der Waals surface area contributed by atoms with Gasteiger partial charge in [0.15, 0.2) is 5.11 Å². The Bertz CT molecular complexity index is 542. The maximum atomic E-state index is 11.6. The third kappa shape index (κ3) is 6.07. The van der Waals surface area contributed by atoms with Crippen molar-refractivity contribution in [2.75, 3.05) is 58.2 Å². The zero-order chi connectivity index (χ0) is 17.4. The van der Waals surface area contributed by atoms with Crippen LogP contribution in [0.1, 0.15) is 17.3 Å². The van der Waals surface area contributed by atoms with Gasteiger partial charge in [-0.15, -0.1) is 0 Å². The van der Waals surface area contributed by atoms with Crippen LogP contribution >= 0.6 is 12.2 Å². The number of carbonyl (C=O) groups is 1. The van der Waals surface area contributed by atoms with E-state index in [1.807, 2.05) is 12.1 Å². The minimum atomic E-state index is -0.308. The molecule has 132 valence electrons. The van der Waals surface area contributed by atoms with Crippen molar-refractivity contribution < 1.29 is 9.53 Å². The van der Waals surface area contributed by atoms with Gasteiger partial charge in [-0.25, -0.2) is 4.79 Å². The Morgan fingerprint density at radius 1 is 1.21 bits per heavy atom. The summed E-state index contributed by atoms with van der Waals surface area (Å²) in [4.78, 5) is 16.4. The molecular weight excluding hydrogens is 324 g/mol. The molecule has 1 aliphatic heterocycles. The van der Waals surface area contributed by atoms with Gasteiger partial charge in [0.05, 0.1) is 12.2 Å². The topological polar surface area (TPSA) is 56.8 Å². The van der Waals surface area contributed by atoms with Gasteiger partial charge in [-0.1, -0.05) is 0 Å². The van der Waals surface area contributed by atoms with Gasteiger partial charge >= 0.3 is 5.97 Å². The van der Waals surface area contributed by atoms with Crippen molar-refractivity contribution >= 4 is 29.0 Å². The van der Waals surface area contributed by atoms with Crippen LogP contribution in [0.15, 0.2) is 24.3 Å². The molecule has 1 aliphatic rings. The van der Waals surface area contributed by atoms with Gasteiger partial charge in [0, 0.05) is 45.0 Å².